The summed E-state index contributed by atoms with van der Waals surface area (Å²) in [6.45, 7) is 4.64. The van der Waals surface area contributed by atoms with Gasteiger partial charge in [-0.3, -0.25) is 4.79 Å². The van der Waals surface area contributed by atoms with Gasteiger partial charge in [0.1, 0.15) is 17.6 Å². The molecule has 1 N–H and O–H groups in total. The summed E-state index contributed by atoms with van der Waals surface area (Å²) in [7, 11) is 0. The molecule has 0 radical (unpaired) electrons. The molecule has 0 amide bonds. The Hall–Kier alpha value is -1.97. The second kappa shape index (κ2) is 10.9. The van der Waals surface area contributed by atoms with Crippen molar-refractivity contribution in [3.63, 3.8) is 0 Å². The van der Waals surface area contributed by atoms with Crippen molar-refractivity contribution < 1.29 is 19.4 Å². The summed E-state index contributed by atoms with van der Waals surface area (Å²) in [5.41, 5.74) is 2.56. The standard InChI is InChI=1S/C22H32O4/c1-3-4-5-6-7-8-17(2)15-20-10-9-18-16-19(11-12-21(18)26-20)25-14-13-22(23)24/h11-12,15-16,20H,3-10,13-14H2,1-2H3,(H,23,24). The van der Waals surface area contributed by atoms with Crippen LogP contribution in [-0.4, -0.2) is 23.8 Å². The predicted octanol–water partition coefficient (Wildman–Crippen LogP) is 5.54. The molecule has 1 aliphatic rings. The Morgan fingerprint density at radius 2 is 2.08 bits per heavy atom. The van der Waals surface area contributed by atoms with Crippen molar-refractivity contribution in [3.8, 4) is 11.5 Å². The number of aryl methyl sites for hydroxylation is 1. The lowest BCUT2D eigenvalue weighted by Crippen LogP contribution is -2.20. The first kappa shape index (κ1) is 20.3. The molecule has 26 heavy (non-hydrogen) atoms. The molecule has 1 atom stereocenters. The van der Waals surface area contributed by atoms with E-state index in [-0.39, 0.29) is 19.1 Å². The molecule has 1 unspecified atom stereocenters. The highest BCUT2D eigenvalue weighted by molar-refractivity contribution is 5.66. The van der Waals surface area contributed by atoms with Gasteiger partial charge in [0.05, 0.1) is 13.0 Å². The number of aliphatic carboxylic acids is 1. The van der Waals surface area contributed by atoms with Crippen molar-refractivity contribution in [2.45, 2.75) is 77.7 Å². The fourth-order valence-electron chi connectivity index (χ4n) is 3.26. The van der Waals surface area contributed by atoms with Gasteiger partial charge in [0, 0.05) is 0 Å². The quantitative estimate of drug-likeness (QED) is 0.416. The first-order valence-electron chi connectivity index (χ1n) is 9.90. The maximum atomic E-state index is 10.6. The third kappa shape index (κ3) is 7.11. The summed E-state index contributed by atoms with van der Waals surface area (Å²) in [6, 6.07) is 5.76. The minimum absolute atomic E-state index is 0.0121. The zero-order chi connectivity index (χ0) is 18.8. The van der Waals surface area contributed by atoms with Gasteiger partial charge in [-0.25, -0.2) is 0 Å². The van der Waals surface area contributed by atoms with Gasteiger partial charge in [-0.15, -0.1) is 0 Å². The van der Waals surface area contributed by atoms with Crippen LogP contribution in [0.2, 0.25) is 0 Å². The number of benzene rings is 1. The van der Waals surface area contributed by atoms with Crippen LogP contribution in [0.3, 0.4) is 0 Å². The van der Waals surface area contributed by atoms with Gasteiger partial charge in [-0.1, -0.05) is 38.2 Å². The molecule has 0 bridgehead atoms. The monoisotopic (exact) mass is 360 g/mol. The Balaban J connectivity index is 1.81. The minimum Gasteiger partial charge on any atom is -0.493 e. The molecule has 0 aromatic heterocycles. The Morgan fingerprint density at radius 1 is 1.27 bits per heavy atom. The molecule has 0 spiro atoms. The van der Waals surface area contributed by atoms with Crippen LogP contribution < -0.4 is 9.47 Å². The molecule has 0 fully saturated rings. The van der Waals surface area contributed by atoms with E-state index in [9.17, 15) is 4.79 Å². The van der Waals surface area contributed by atoms with Crippen molar-refractivity contribution in [2.24, 2.45) is 0 Å². The van der Waals surface area contributed by atoms with Crippen LogP contribution in [0, 0.1) is 0 Å². The number of hydrogen-bond acceptors (Lipinski definition) is 3. The number of unbranched alkanes of at least 4 members (excludes halogenated alkanes) is 4. The fraction of sp³-hybridized carbons (Fsp3) is 0.591. The summed E-state index contributed by atoms with van der Waals surface area (Å²) >= 11 is 0. The van der Waals surface area contributed by atoms with E-state index < -0.39 is 5.97 Å². The summed E-state index contributed by atoms with van der Waals surface area (Å²) < 4.78 is 11.6. The predicted molar refractivity (Wildman–Crippen MR) is 104 cm³/mol. The summed E-state index contributed by atoms with van der Waals surface area (Å²) in [4.78, 5) is 10.6. The molecule has 4 heteroatoms. The molecule has 0 saturated heterocycles. The summed E-state index contributed by atoms with van der Waals surface area (Å²) in [6.07, 6.45) is 12.1. The molecule has 4 nitrogen and oxygen atoms in total. The van der Waals surface area contributed by atoms with Crippen LogP contribution >= 0.6 is 0 Å². The molecular formula is C22H32O4. The third-order valence-corrected chi connectivity index (χ3v) is 4.74. The average molecular weight is 360 g/mol. The van der Waals surface area contributed by atoms with E-state index in [0.29, 0.717) is 5.75 Å². The maximum Gasteiger partial charge on any atom is 0.306 e. The number of allylic oxidation sites excluding steroid dienone is 1. The van der Waals surface area contributed by atoms with E-state index in [2.05, 4.69) is 19.9 Å². The Labute approximate surface area is 157 Å². The van der Waals surface area contributed by atoms with E-state index in [1.165, 1.54) is 37.7 Å². The van der Waals surface area contributed by atoms with Gasteiger partial charge in [-0.2, -0.15) is 0 Å². The van der Waals surface area contributed by atoms with Crippen LogP contribution in [0.15, 0.2) is 29.8 Å². The SMILES string of the molecule is CCCCCCCC(C)=CC1CCc2cc(OCCC(=O)O)ccc2O1. The minimum atomic E-state index is -0.846. The number of carboxylic acids is 1. The van der Waals surface area contributed by atoms with Gasteiger partial charge in [0.2, 0.25) is 0 Å². The maximum absolute atomic E-state index is 10.6. The number of rotatable bonds is 11. The lowest BCUT2D eigenvalue weighted by Gasteiger charge is -2.25. The Morgan fingerprint density at radius 3 is 2.85 bits per heavy atom. The molecule has 1 heterocycles. The van der Waals surface area contributed by atoms with Crippen molar-refractivity contribution in [1.82, 2.24) is 0 Å². The van der Waals surface area contributed by atoms with Crippen LogP contribution in [0.25, 0.3) is 0 Å². The van der Waals surface area contributed by atoms with E-state index in [1.54, 1.807) is 0 Å². The van der Waals surface area contributed by atoms with Crippen LogP contribution in [-0.2, 0) is 11.2 Å². The first-order valence-corrected chi connectivity index (χ1v) is 9.90. The van der Waals surface area contributed by atoms with Gasteiger partial charge < -0.3 is 14.6 Å². The molecular weight excluding hydrogens is 328 g/mol. The van der Waals surface area contributed by atoms with Crippen molar-refractivity contribution >= 4 is 5.97 Å². The van der Waals surface area contributed by atoms with Gasteiger partial charge in [0.25, 0.3) is 0 Å². The lowest BCUT2D eigenvalue weighted by atomic mass is 9.99. The zero-order valence-corrected chi connectivity index (χ0v) is 16.1. The Kier molecular flexibility index (Phi) is 8.52. The van der Waals surface area contributed by atoms with Crippen molar-refractivity contribution in [3.05, 3.63) is 35.4 Å². The number of carbonyl (C=O) groups is 1. The van der Waals surface area contributed by atoms with Crippen molar-refractivity contribution in [2.75, 3.05) is 6.61 Å². The number of fused-ring (bicyclic) bond motifs is 1. The van der Waals surface area contributed by atoms with E-state index in [4.69, 9.17) is 14.6 Å². The second-order valence-electron chi connectivity index (χ2n) is 7.13. The normalized spacial score (nSPS) is 16.7. The molecule has 1 aliphatic heterocycles. The van der Waals surface area contributed by atoms with Gasteiger partial charge in [0.15, 0.2) is 0 Å². The largest absolute Gasteiger partial charge is 0.493 e. The number of carboxylic acid groups (broad SMARTS) is 1. The highest BCUT2D eigenvalue weighted by Crippen LogP contribution is 2.32. The van der Waals surface area contributed by atoms with E-state index >= 15 is 0 Å². The lowest BCUT2D eigenvalue weighted by molar-refractivity contribution is -0.137. The van der Waals surface area contributed by atoms with Gasteiger partial charge in [-0.05, 0) is 62.4 Å². The highest BCUT2D eigenvalue weighted by atomic mass is 16.5. The van der Waals surface area contributed by atoms with Gasteiger partial charge >= 0.3 is 5.97 Å². The molecule has 1 aromatic rings. The average Bonchev–Trinajstić information content (AvgIpc) is 2.61. The fourth-order valence-corrected chi connectivity index (χ4v) is 3.26. The molecule has 1 aromatic carbocycles. The second-order valence-corrected chi connectivity index (χ2v) is 7.13. The number of ether oxygens (including phenoxy) is 2. The summed E-state index contributed by atoms with van der Waals surface area (Å²) in [5, 5.41) is 8.67. The zero-order valence-electron chi connectivity index (χ0n) is 16.1. The van der Waals surface area contributed by atoms with E-state index in [1.807, 2.05) is 18.2 Å². The van der Waals surface area contributed by atoms with Crippen LogP contribution in [0.5, 0.6) is 11.5 Å². The smallest absolute Gasteiger partial charge is 0.306 e. The third-order valence-electron chi connectivity index (χ3n) is 4.74. The molecule has 2 rings (SSSR count). The molecule has 0 aliphatic carbocycles. The topological polar surface area (TPSA) is 55.8 Å². The molecule has 144 valence electrons. The number of hydrogen-bond donors (Lipinski definition) is 1. The summed E-state index contributed by atoms with van der Waals surface area (Å²) in [5.74, 6) is 0.784. The first-order chi connectivity index (χ1) is 12.6. The van der Waals surface area contributed by atoms with E-state index in [0.717, 1.165) is 30.6 Å². The highest BCUT2D eigenvalue weighted by Gasteiger charge is 2.18. The molecule has 0 saturated carbocycles. The van der Waals surface area contributed by atoms with Crippen LogP contribution in [0.1, 0.15) is 70.8 Å². The van der Waals surface area contributed by atoms with Crippen LogP contribution in [0.4, 0.5) is 0 Å². The van der Waals surface area contributed by atoms with Crippen molar-refractivity contribution in [1.29, 1.82) is 0 Å². The Bertz CT molecular complexity index is 606.